The molecule has 1 rings (SSSR count). The average Bonchev–Trinajstić information content (AvgIpc) is 2.14. The number of hydrogen-bond acceptors (Lipinski definition) is 4. The fraction of sp³-hybridized carbons (Fsp3) is 0.333. The molecule has 0 saturated carbocycles. The zero-order chi connectivity index (χ0) is 14.1. The van der Waals surface area contributed by atoms with E-state index in [1.807, 2.05) is 4.72 Å². The van der Waals surface area contributed by atoms with Crippen molar-refractivity contribution in [2.24, 2.45) is 5.14 Å². The van der Waals surface area contributed by atoms with E-state index in [-0.39, 0.29) is 0 Å². The first-order chi connectivity index (χ1) is 8.04. The number of primary sulfonamides is 1. The molecule has 1 aromatic carbocycles. The topological polar surface area (TPSA) is 106 Å². The molecule has 3 N–H and O–H groups in total. The standard InChI is InChI=1S/C9H13FN2O4S2/c1-6(2)18(15,16)12-8-5-7(10)3-4-9(8)17(11,13)14/h3-6,12H,1-2H3,(H2,11,13,14). The molecule has 0 heterocycles. The number of halogens is 1. The highest BCUT2D eigenvalue weighted by atomic mass is 32.2. The van der Waals surface area contributed by atoms with Crippen LogP contribution >= 0.6 is 0 Å². The van der Waals surface area contributed by atoms with E-state index < -0.39 is 41.7 Å². The van der Waals surface area contributed by atoms with Crippen molar-refractivity contribution >= 4 is 25.7 Å². The predicted octanol–water partition coefficient (Wildman–Crippen LogP) is 0.623. The van der Waals surface area contributed by atoms with Crippen LogP contribution in [0.2, 0.25) is 0 Å². The van der Waals surface area contributed by atoms with Crippen LogP contribution in [0.4, 0.5) is 10.1 Å². The Morgan fingerprint density at radius 2 is 1.78 bits per heavy atom. The van der Waals surface area contributed by atoms with Gasteiger partial charge in [-0.1, -0.05) is 0 Å². The molecule has 0 fully saturated rings. The summed E-state index contributed by atoms with van der Waals surface area (Å²) in [5, 5.41) is 4.12. The number of hydrogen-bond donors (Lipinski definition) is 2. The minimum absolute atomic E-state index is 0.397. The van der Waals surface area contributed by atoms with Crippen molar-refractivity contribution in [3.05, 3.63) is 24.0 Å². The van der Waals surface area contributed by atoms with Gasteiger partial charge in [0, 0.05) is 0 Å². The summed E-state index contributed by atoms with van der Waals surface area (Å²) in [6.07, 6.45) is 0. The molecule has 18 heavy (non-hydrogen) atoms. The van der Waals surface area contributed by atoms with E-state index in [0.29, 0.717) is 0 Å². The molecular formula is C9H13FN2O4S2. The maximum Gasteiger partial charge on any atom is 0.240 e. The van der Waals surface area contributed by atoms with Gasteiger partial charge in [-0.15, -0.1) is 0 Å². The zero-order valence-corrected chi connectivity index (χ0v) is 11.3. The Hall–Kier alpha value is -1.19. The summed E-state index contributed by atoms with van der Waals surface area (Å²) < 4.78 is 60.8. The van der Waals surface area contributed by atoms with E-state index >= 15 is 0 Å². The normalized spacial score (nSPS) is 12.7. The fourth-order valence-electron chi connectivity index (χ4n) is 1.10. The molecule has 0 aliphatic heterocycles. The molecule has 0 amide bonds. The molecular weight excluding hydrogens is 283 g/mol. The molecule has 0 aliphatic rings. The van der Waals surface area contributed by atoms with Crippen molar-refractivity contribution in [3.8, 4) is 0 Å². The molecule has 0 aromatic heterocycles. The van der Waals surface area contributed by atoms with Gasteiger partial charge in [0.25, 0.3) is 0 Å². The minimum atomic E-state index is -4.14. The zero-order valence-electron chi connectivity index (χ0n) is 9.71. The van der Waals surface area contributed by atoms with Gasteiger partial charge in [-0.25, -0.2) is 26.4 Å². The van der Waals surface area contributed by atoms with Crippen LogP contribution in [0.1, 0.15) is 13.8 Å². The number of benzene rings is 1. The van der Waals surface area contributed by atoms with Crippen LogP contribution < -0.4 is 9.86 Å². The first kappa shape index (κ1) is 14.9. The Morgan fingerprint density at radius 3 is 2.22 bits per heavy atom. The van der Waals surface area contributed by atoms with Crippen LogP contribution in [0.5, 0.6) is 0 Å². The van der Waals surface area contributed by atoms with Gasteiger partial charge in [-0.3, -0.25) is 4.72 Å². The molecule has 1 aromatic rings. The van der Waals surface area contributed by atoms with Crippen molar-refractivity contribution in [2.75, 3.05) is 4.72 Å². The van der Waals surface area contributed by atoms with E-state index in [9.17, 15) is 21.2 Å². The lowest BCUT2D eigenvalue weighted by Gasteiger charge is -2.13. The second kappa shape index (κ2) is 4.82. The van der Waals surface area contributed by atoms with E-state index in [0.717, 1.165) is 18.2 Å². The molecule has 0 bridgehead atoms. The van der Waals surface area contributed by atoms with Gasteiger partial charge in [0.1, 0.15) is 10.7 Å². The smallest absolute Gasteiger partial charge is 0.240 e. The van der Waals surface area contributed by atoms with Gasteiger partial charge in [-0.2, -0.15) is 0 Å². The third-order valence-electron chi connectivity index (χ3n) is 2.12. The molecule has 6 nitrogen and oxygen atoms in total. The molecule has 102 valence electrons. The number of anilines is 1. The van der Waals surface area contributed by atoms with E-state index in [4.69, 9.17) is 5.14 Å². The van der Waals surface area contributed by atoms with Gasteiger partial charge < -0.3 is 0 Å². The highest BCUT2D eigenvalue weighted by Crippen LogP contribution is 2.23. The SMILES string of the molecule is CC(C)S(=O)(=O)Nc1cc(F)ccc1S(N)(=O)=O. The quantitative estimate of drug-likeness (QED) is 0.849. The van der Waals surface area contributed by atoms with Crippen molar-refractivity contribution in [1.29, 1.82) is 0 Å². The number of rotatable bonds is 4. The maximum absolute atomic E-state index is 13.0. The number of nitrogens with two attached hydrogens (primary N) is 1. The Labute approximate surface area is 105 Å². The largest absolute Gasteiger partial charge is 0.282 e. The highest BCUT2D eigenvalue weighted by Gasteiger charge is 2.21. The highest BCUT2D eigenvalue weighted by molar-refractivity contribution is 7.93. The van der Waals surface area contributed by atoms with Crippen molar-refractivity contribution < 1.29 is 21.2 Å². The summed E-state index contributed by atoms with van der Waals surface area (Å²) in [7, 11) is -7.93. The first-order valence-corrected chi connectivity index (χ1v) is 7.97. The molecule has 0 spiro atoms. The predicted molar refractivity (Wildman–Crippen MR) is 65.5 cm³/mol. The third kappa shape index (κ3) is 3.40. The molecule has 0 saturated heterocycles. The van der Waals surface area contributed by atoms with Crippen molar-refractivity contribution in [3.63, 3.8) is 0 Å². The van der Waals surface area contributed by atoms with Gasteiger partial charge in [0.2, 0.25) is 20.0 Å². The van der Waals surface area contributed by atoms with Crippen molar-refractivity contribution in [2.45, 2.75) is 24.0 Å². The van der Waals surface area contributed by atoms with Crippen LogP contribution in [-0.4, -0.2) is 22.1 Å². The fourth-order valence-corrected chi connectivity index (χ4v) is 2.55. The van der Waals surface area contributed by atoms with E-state index in [1.165, 1.54) is 13.8 Å². The summed E-state index contributed by atoms with van der Waals surface area (Å²) >= 11 is 0. The lowest BCUT2D eigenvalue weighted by Crippen LogP contribution is -2.24. The maximum atomic E-state index is 13.0. The number of sulfonamides is 2. The van der Waals surface area contributed by atoms with Crippen LogP contribution in [-0.2, 0) is 20.0 Å². The van der Waals surface area contributed by atoms with Crippen LogP contribution in [0.25, 0.3) is 0 Å². The summed E-state index contributed by atoms with van der Waals surface area (Å²) in [4.78, 5) is -0.479. The van der Waals surface area contributed by atoms with Gasteiger partial charge >= 0.3 is 0 Å². The van der Waals surface area contributed by atoms with Crippen LogP contribution in [0.3, 0.4) is 0 Å². The van der Waals surface area contributed by atoms with Crippen LogP contribution in [0, 0.1) is 5.82 Å². The summed E-state index contributed by atoms with van der Waals surface area (Å²) in [6.45, 7) is 2.80. The monoisotopic (exact) mass is 296 g/mol. The minimum Gasteiger partial charge on any atom is -0.282 e. The second-order valence-electron chi connectivity index (χ2n) is 3.88. The first-order valence-electron chi connectivity index (χ1n) is 4.88. The Bertz CT molecular complexity index is 653. The molecule has 0 unspecified atom stereocenters. The van der Waals surface area contributed by atoms with E-state index in [1.54, 1.807) is 0 Å². The van der Waals surface area contributed by atoms with Crippen molar-refractivity contribution in [1.82, 2.24) is 0 Å². The lowest BCUT2D eigenvalue weighted by atomic mass is 10.3. The Kier molecular flexibility index (Phi) is 3.99. The van der Waals surface area contributed by atoms with Gasteiger partial charge in [0.15, 0.2) is 0 Å². The summed E-state index contributed by atoms with van der Waals surface area (Å²) in [6, 6.07) is 2.55. The Balaban J connectivity index is 3.37. The summed E-state index contributed by atoms with van der Waals surface area (Å²) in [5.41, 5.74) is -0.397. The van der Waals surface area contributed by atoms with Crippen LogP contribution in [0.15, 0.2) is 23.1 Å². The van der Waals surface area contributed by atoms with Gasteiger partial charge in [0.05, 0.1) is 10.9 Å². The Morgan fingerprint density at radius 1 is 1.22 bits per heavy atom. The van der Waals surface area contributed by atoms with E-state index in [2.05, 4.69) is 0 Å². The van der Waals surface area contributed by atoms with Gasteiger partial charge in [-0.05, 0) is 32.0 Å². The second-order valence-corrected chi connectivity index (χ2v) is 7.65. The lowest BCUT2D eigenvalue weighted by molar-refractivity contribution is 0.592. The molecule has 0 radical (unpaired) electrons. The molecule has 0 atom stereocenters. The average molecular weight is 296 g/mol. The third-order valence-corrected chi connectivity index (χ3v) is 4.84. The molecule has 0 aliphatic carbocycles. The molecule has 9 heteroatoms. The number of nitrogens with one attached hydrogen (secondary N) is 1. The summed E-state index contributed by atoms with van der Waals surface area (Å²) in [5.74, 6) is -0.774.